The molecule has 2 heterocycles. The lowest BCUT2D eigenvalue weighted by Gasteiger charge is -2.30. The molecule has 0 N–H and O–H groups in total. The second-order valence-electron chi connectivity index (χ2n) is 6.94. The minimum Gasteiger partial charge on any atom is -0.487 e. The van der Waals surface area contributed by atoms with Crippen LogP contribution >= 0.6 is 0 Å². The number of ether oxygens (including phenoxy) is 1. The number of carbonyl (C=O) groups excluding carboxylic acids is 1. The summed E-state index contributed by atoms with van der Waals surface area (Å²) in [5, 5.41) is 0. The second-order valence-corrected chi connectivity index (χ2v) is 8.80. The first-order valence-corrected chi connectivity index (χ1v) is 10.4. The van der Waals surface area contributed by atoms with E-state index in [0.29, 0.717) is 38.2 Å². The summed E-state index contributed by atoms with van der Waals surface area (Å²) in [4.78, 5) is 14.4. The molecule has 0 saturated carbocycles. The van der Waals surface area contributed by atoms with E-state index in [9.17, 15) is 13.2 Å². The number of para-hydroxylation sites is 1. The normalized spacial score (nSPS) is 26.2. The van der Waals surface area contributed by atoms with Gasteiger partial charge in [0, 0.05) is 32.0 Å². The summed E-state index contributed by atoms with van der Waals surface area (Å²) in [6, 6.07) is 6.57. The highest BCUT2D eigenvalue weighted by molar-refractivity contribution is 7.89. The number of fused-ring (bicyclic) bond motifs is 2. The van der Waals surface area contributed by atoms with Gasteiger partial charge in [-0.1, -0.05) is 32.9 Å². The second kappa shape index (κ2) is 6.96. The molecule has 0 unspecified atom stereocenters. The maximum atomic E-state index is 13.1. The molecule has 3 rings (SSSR count). The molecule has 1 fully saturated rings. The smallest absolute Gasteiger partial charge is 0.247 e. The van der Waals surface area contributed by atoms with E-state index < -0.39 is 10.0 Å². The summed E-state index contributed by atoms with van der Waals surface area (Å²) in [6.45, 7) is 7.17. The number of sulfonamides is 1. The average Bonchev–Trinajstić information content (AvgIpc) is 2.82. The fourth-order valence-electron chi connectivity index (χ4n) is 3.75. The third-order valence-electron chi connectivity index (χ3n) is 5.01. The van der Waals surface area contributed by atoms with Crippen molar-refractivity contribution in [1.29, 1.82) is 0 Å². The van der Waals surface area contributed by atoms with Crippen LogP contribution in [-0.4, -0.2) is 55.3 Å². The van der Waals surface area contributed by atoms with Crippen LogP contribution in [0.4, 0.5) is 0 Å². The molecule has 0 aromatic heterocycles. The van der Waals surface area contributed by atoms with Gasteiger partial charge in [-0.25, -0.2) is 8.42 Å². The summed E-state index contributed by atoms with van der Waals surface area (Å²) < 4.78 is 33.9. The van der Waals surface area contributed by atoms with E-state index in [0.717, 1.165) is 0 Å². The molecule has 0 aliphatic carbocycles. The third-order valence-corrected chi connectivity index (χ3v) is 7.05. The first-order valence-electron chi connectivity index (χ1n) is 8.92. The lowest BCUT2D eigenvalue weighted by atomic mass is 10.1. The van der Waals surface area contributed by atoms with Crippen LogP contribution in [0.3, 0.4) is 0 Å². The molecular formula is C18H26N2O4S. The van der Waals surface area contributed by atoms with Gasteiger partial charge in [0.15, 0.2) is 0 Å². The van der Waals surface area contributed by atoms with Gasteiger partial charge in [-0.3, -0.25) is 4.79 Å². The van der Waals surface area contributed by atoms with E-state index in [4.69, 9.17) is 4.74 Å². The topological polar surface area (TPSA) is 66.9 Å². The van der Waals surface area contributed by atoms with E-state index in [-0.39, 0.29) is 28.9 Å². The number of rotatable bonds is 2. The van der Waals surface area contributed by atoms with Gasteiger partial charge in [0.25, 0.3) is 0 Å². The van der Waals surface area contributed by atoms with Crippen molar-refractivity contribution in [3.05, 3.63) is 24.3 Å². The van der Waals surface area contributed by atoms with Crippen LogP contribution < -0.4 is 4.74 Å². The van der Waals surface area contributed by atoms with Crippen LogP contribution in [0.2, 0.25) is 0 Å². The predicted molar refractivity (Wildman–Crippen MR) is 94.9 cm³/mol. The molecule has 1 saturated heterocycles. The molecule has 0 spiro atoms. The van der Waals surface area contributed by atoms with Crippen molar-refractivity contribution in [2.24, 2.45) is 5.92 Å². The van der Waals surface area contributed by atoms with Crippen LogP contribution in [0.5, 0.6) is 5.75 Å². The number of hydrogen-bond acceptors (Lipinski definition) is 4. The van der Waals surface area contributed by atoms with Crippen LogP contribution in [0.1, 0.15) is 33.6 Å². The monoisotopic (exact) mass is 366 g/mol. The molecule has 7 heteroatoms. The zero-order valence-corrected chi connectivity index (χ0v) is 15.8. The number of benzene rings is 1. The standard InChI is InChI=1S/C18H26N2O4S/c1-4-20-14-9-11-19(18(21)13(2)3)12-10-15(14)24-16-7-5-6-8-17(16)25(20,22)23/h5-8,13-15H,4,9-12H2,1-3H3/t14-,15-/m1/s1. The van der Waals surface area contributed by atoms with E-state index in [1.807, 2.05) is 25.7 Å². The molecule has 0 bridgehead atoms. The van der Waals surface area contributed by atoms with Gasteiger partial charge < -0.3 is 9.64 Å². The van der Waals surface area contributed by atoms with Gasteiger partial charge in [0.1, 0.15) is 16.7 Å². The summed E-state index contributed by atoms with van der Waals surface area (Å²) in [5.74, 6) is 0.468. The SMILES string of the molecule is CCN1[C@@H]2CCN(C(=O)C(C)C)CC[C@H]2Oc2ccccc2S1(=O)=O. The molecule has 6 nitrogen and oxygen atoms in total. The van der Waals surface area contributed by atoms with Crippen LogP contribution in [0, 0.1) is 5.92 Å². The van der Waals surface area contributed by atoms with Gasteiger partial charge in [-0.05, 0) is 18.6 Å². The molecule has 1 amide bonds. The number of nitrogens with zero attached hydrogens (tertiary/aromatic N) is 2. The zero-order chi connectivity index (χ0) is 18.2. The highest BCUT2D eigenvalue weighted by Gasteiger charge is 2.42. The predicted octanol–water partition coefficient (Wildman–Crippen LogP) is 2.11. The van der Waals surface area contributed by atoms with Gasteiger partial charge in [-0.2, -0.15) is 4.31 Å². The third kappa shape index (κ3) is 3.27. The Bertz CT molecular complexity index is 747. The summed E-state index contributed by atoms with van der Waals surface area (Å²) in [5.41, 5.74) is 0. The number of carbonyl (C=O) groups is 1. The molecular weight excluding hydrogens is 340 g/mol. The minimum absolute atomic E-state index is 0.0597. The van der Waals surface area contributed by atoms with Gasteiger partial charge in [0.2, 0.25) is 15.9 Å². The van der Waals surface area contributed by atoms with Crippen molar-refractivity contribution in [1.82, 2.24) is 9.21 Å². The first kappa shape index (κ1) is 18.2. The summed E-state index contributed by atoms with van der Waals surface area (Å²) in [6.07, 6.45) is 0.969. The lowest BCUT2D eigenvalue weighted by Crippen LogP contribution is -2.47. The van der Waals surface area contributed by atoms with E-state index >= 15 is 0 Å². The number of amides is 1. The molecule has 2 aliphatic heterocycles. The van der Waals surface area contributed by atoms with Crippen molar-refractivity contribution >= 4 is 15.9 Å². The maximum absolute atomic E-state index is 13.1. The van der Waals surface area contributed by atoms with Crippen LogP contribution in [0.15, 0.2) is 29.2 Å². The Morgan fingerprint density at radius 1 is 1.24 bits per heavy atom. The molecule has 2 aliphatic rings. The molecule has 138 valence electrons. The number of likely N-dealkylation sites (N-methyl/N-ethyl adjacent to an activating group) is 1. The highest BCUT2D eigenvalue weighted by Crippen LogP contribution is 2.36. The zero-order valence-electron chi connectivity index (χ0n) is 15.0. The fraction of sp³-hybridized carbons (Fsp3) is 0.611. The molecule has 1 aromatic rings. The molecule has 25 heavy (non-hydrogen) atoms. The Labute approximate surface area is 149 Å². The van der Waals surface area contributed by atoms with Crippen molar-refractivity contribution in [3.63, 3.8) is 0 Å². The Morgan fingerprint density at radius 2 is 1.92 bits per heavy atom. The lowest BCUT2D eigenvalue weighted by molar-refractivity contribution is -0.134. The van der Waals surface area contributed by atoms with Gasteiger partial charge in [-0.15, -0.1) is 0 Å². The summed E-state index contributed by atoms with van der Waals surface area (Å²) in [7, 11) is -3.61. The van der Waals surface area contributed by atoms with E-state index in [2.05, 4.69) is 0 Å². The van der Waals surface area contributed by atoms with Crippen molar-refractivity contribution < 1.29 is 17.9 Å². The number of hydrogen-bond donors (Lipinski definition) is 0. The Morgan fingerprint density at radius 3 is 2.60 bits per heavy atom. The largest absolute Gasteiger partial charge is 0.487 e. The first-order chi connectivity index (χ1) is 11.9. The quantitative estimate of drug-likeness (QED) is 0.804. The van der Waals surface area contributed by atoms with Gasteiger partial charge in [0.05, 0.1) is 6.04 Å². The molecule has 0 radical (unpaired) electrons. The minimum atomic E-state index is -3.61. The van der Waals surface area contributed by atoms with Crippen LogP contribution in [-0.2, 0) is 14.8 Å². The Hall–Kier alpha value is -1.60. The van der Waals surface area contributed by atoms with Gasteiger partial charge >= 0.3 is 0 Å². The van der Waals surface area contributed by atoms with Crippen molar-refractivity contribution in [2.75, 3.05) is 19.6 Å². The summed E-state index contributed by atoms with van der Waals surface area (Å²) >= 11 is 0. The van der Waals surface area contributed by atoms with E-state index in [1.165, 1.54) is 0 Å². The Balaban J connectivity index is 1.96. The van der Waals surface area contributed by atoms with Crippen molar-refractivity contribution in [3.8, 4) is 5.75 Å². The Kier molecular flexibility index (Phi) is 5.06. The average molecular weight is 366 g/mol. The number of likely N-dealkylation sites (tertiary alicyclic amines) is 1. The van der Waals surface area contributed by atoms with E-state index in [1.54, 1.807) is 28.6 Å². The molecule has 1 aromatic carbocycles. The fourth-order valence-corrected chi connectivity index (χ4v) is 5.56. The highest BCUT2D eigenvalue weighted by atomic mass is 32.2. The van der Waals surface area contributed by atoms with Crippen LogP contribution in [0.25, 0.3) is 0 Å². The molecule has 2 atom stereocenters. The maximum Gasteiger partial charge on any atom is 0.247 e. The van der Waals surface area contributed by atoms with Crippen molar-refractivity contribution in [2.45, 2.75) is 50.7 Å².